The van der Waals surface area contributed by atoms with Crippen LogP contribution in [-0.2, 0) is 4.74 Å². The Morgan fingerprint density at radius 2 is 2.06 bits per heavy atom. The number of nitrogens with zero attached hydrogens (tertiary/aromatic N) is 2. The van der Waals surface area contributed by atoms with Gasteiger partial charge in [0.2, 0.25) is 0 Å². The molecule has 1 aromatic carbocycles. The van der Waals surface area contributed by atoms with Crippen LogP contribution in [0.4, 0.5) is 0 Å². The van der Waals surface area contributed by atoms with Crippen molar-refractivity contribution in [2.75, 3.05) is 26.3 Å². The topological polar surface area (TPSA) is 60.8 Å². The summed E-state index contributed by atoms with van der Waals surface area (Å²) >= 11 is 0. The van der Waals surface area contributed by atoms with Gasteiger partial charge in [0.05, 0.1) is 38.1 Å². The minimum atomic E-state index is 0.160. The SMILES string of the molecule is Oc1[nH]c2ccccc2c1/C=N/N1CCOCC1. The molecule has 0 amide bonds. The summed E-state index contributed by atoms with van der Waals surface area (Å²) in [5, 5.41) is 17.2. The van der Waals surface area contributed by atoms with Crippen molar-refractivity contribution in [2.45, 2.75) is 0 Å². The van der Waals surface area contributed by atoms with E-state index in [-0.39, 0.29) is 5.88 Å². The highest BCUT2D eigenvalue weighted by Crippen LogP contribution is 2.25. The Balaban J connectivity index is 1.89. The molecular formula is C13H15N3O2. The lowest BCUT2D eigenvalue weighted by Gasteiger charge is -2.23. The minimum absolute atomic E-state index is 0.160. The van der Waals surface area contributed by atoms with Crippen LogP contribution in [0.25, 0.3) is 10.9 Å². The number of hydrazone groups is 1. The summed E-state index contributed by atoms with van der Waals surface area (Å²) in [7, 11) is 0. The molecule has 1 aliphatic rings. The Morgan fingerprint density at radius 3 is 2.89 bits per heavy atom. The van der Waals surface area contributed by atoms with Gasteiger partial charge in [0.1, 0.15) is 0 Å². The van der Waals surface area contributed by atoms with Crippen molar-refractivity contribution in [2.24, 2.45) is 5.10 Å². The Hall–Kier alpha value is -2.01. The number of hydrogen-bond donors (Lipinski definition) is 2. The number of para-hydroxylation sites is 1. The molecule has 1 saturated heterocycles. The number of nitrogens with one attached hydrogen (secondary N) is 1. The number of benzene rings is 1. The van der Waals surface area contributed by atoms with E-state index in [0.29, 0.717) is 13.2 Å². The van der Waals surface area contributed by atoms with Crippen LogP contribution in [0, 0.1) is 0 Å². The number of morpholine rings is 1. The maximum atomic E-state index is 9.87. The average Bonchev–Trinajstić information content (AvgIpc) is 2.73. The van der Waals surface area contributed by atoms with Gasteiger partial charge in [-0.15, -0.1) is 0 Å². The molecule has 1 aromatic heterocycles. The lowest BCUT2D eigenvalue weighted by molar-refractivity contribution is 0.0397. The quantitative estimate of drug-likeness (QED) is 0.789. The zero-order chi connectivity index (χ0) is 12.4. The van der Waals surface area contributed by atoms with Crippen LogP contribution in [0.15, 0.2) is 29.4 Å². The number of ether oxygens (including phenoxy) is 1. The maximum Gasteiger partial charge on any atom is 0.198 e. The van der Waals surface area contributed by atoms with E-state index >= 15 is 0 Å². The fourth-order valence-electron chi connectivity index (χ4n) is 2.09. The molecule has 0 radical (unpaired) electrons. The van der Waals surface area contributed by atoms with Gasteiger partial charge in [0, 0.05) is 10.9 Å². The Bertz CT molecular complexity index is 571. The lowest BCUT2D eigenvalue weighted by atomic mass is 10.2. The van der Waals surface area contributed by atoms with Crippen molar-refractivity contribution in [3.8, 4) is 5.88 Å². The van der Waals surface area contributed by atoms with Gasteiger partial charge < -0.3 is 14.8 Å². The fourth-order valence-corrected chi connectivity index (χ4v) is 2.09. The van der Waals surface area contributed by atoms with Crippen LogP contribution < -0.4 is 0 Å². The summed E-state index contributed by atoms with van der Waals surface area (Å²) in [6, 6.07) is 7.77. The lowest BCUT2D eigenvalue weighted by Crippen LogP contribution is -2.32. The number of aromatic hydroxyl groups is 1. The third-order valence-electron chi connectivity index (χ3n) is 3.06. The van der Waals surface area contributed by atoms with Crippen molar-refractivity contribution in [1.29, 1.82) is 0 Å². The monoisotopic (exact) mass is 245 g/mol. The number of H-pyrrole nitrogens is 1. The highest BCUT2D eigenvalue weighted by atomic mass is 16.5. The van der Waals surface area contributed by atoms with E-state index in [4.69, 9.17) is 4.74 Å². The van der Waals surface area contributed by atoms with Gasteiger partial charge in [0.15, 0.2) is 5.88 Å². The van der Waals surface area contributed by atoms with Crippen LogP contribution in [0.3, 0.4) is 0 Å². The van der Waals surface area contributed by atoms with Crippen LogP contribution in [0.1, 0.15) is 5.56 Å². The van der Waals surface area contributed by atoms with E-state index in [1.165, 1.54) is 0 Å². The molecule has 5 nitrogen and oxygen atoms in total. The zero-order valence-electron chi connectivity index (χ0n) is 9.97. The van der Waals surface area contributed by atoms with Gasteiger partial charge >= 0.3 is 0 Å². The number of rotatable bonds is 2. The molecule has 94 valence electrons. The highest BCUT2D eigenvalue weighted by molar-refractivity contribution is 6.01. The van der Waals surface area contributed by atoms with E-state index in [1.54, 1.807) is 6.21 Å². The van der Waals surface area contributed by atoms with Gasteiger partial charge in [-0.25, -0.2) is 0 Å². The van der Waals surface area contributed by atoms with E-state index in [0.717, 1.165) is 29.6 Å². The minimum Gasteiger partial charge on any atom is -0.494 e. The molecule has 0 spiro atoms. The molecular weight excluding hydrogens is 230 g/mol. The van der Waals surface area contributed by atoms with Crippen LogP contribution >= 0.6 is 0 Å². The number of aromatic amines is 1. The van der Waals surface area contributed by atoms with Gasteiger partial charge in [-0.2, -0.15) is 5.10 Å². The smallest absolute Gasteiger partial charge is 0.198 e. The molecule has 5 heteroatoms. The molecule has 0 unspecified atom stereocenters. The first-order valence-electron chi connectivity index (χ1n) is 6.01. The number of fused-ring (bicyclic) bond motifs is 1. The second-order valence-electron chi connectivity index (χ2n) is 4.24. The van der Waals surface area contributed by atoms with Crippen molar-refractivity contribution >= 4 is 17.1 Å². The molecule has 1 fully saturated rings. The van der Waals surface area contributed by atoms with Gasteiger partial charge in [0.25, 0.3) is 0 Å². The standard InChI is InChI=1S/C13H15N3O2/c17-13-11(9-14-16-5-7-18-8-6-16)10-3-1-2-4-12(10)15-13/h1-4,9,15,17H,5-8H2/b14-9+. The van der Waals surface area contributed by atoms with E-state index in [9.17, 15) is 5.11 Å². The molecule has 3 rings (SSSR count). The first-order chi connectivity index (χ1) is 8.84. The van der Waals surface area contributed by atoms with Crippen LogP contribution in [-0.4, -0.2) is 47.6 Å². The molecule has 2 aromatic rings. The summed E-state index contributed by atoms with van der Waals surface area (Å²) in [5.41, 5.74) is 1.65. The third-order valence-corrected chi connectivity index (χ3v) is 3.06. The highest BCUT2D eigenvalue weighted by Gasteiger charge is 2.10. The molecule has 2 N–H and O–H groups in total. The van der Waals surface area contributed by atoms with E-state index < -0.39 is 0 Å². The van der Waals surface area contributed by atoms with Crippen LogP contribution in [0.2, 0.25) is 0 Å². The first kappa shape index (κ1) is 11.1. The average molecular weight is 245 g/mol. The predicted octanol–water partition coefficient (Wildman–Crippen LogP) is 1.54. The number of aromatic nitrogens is 1. The molecule has 2 heterocycles. The molecule has 1 aliphatic heterocycles. The van der Waals surface area contributed by atoms with Gasteiger partial charge in [-0.3, -0.25) is 5.01 Å². The molecule has 0 aliphatic carbocycles. The Morgan fingerprint density at radius 1 is 1.28 bits per heavy atom. The maximum absolute atomic E-state index is 9.87. The summed E-state index contributed by atoms with van der Waals surface area (Å²) in [6.07, 6.45) is 1.71. The third kappa shape index (κ3) is 2.04. The van der Waals surface area contributed by atoms with Gasteiger partial charge in [-0.05, 0) is 6.07 Å². The summed E-state index contributed by atoms with van der Waals surface area (Å²) in [4.78, 5) is 2.94. The summed E-state index contributed by atoms with van der Waals surface area (Å²) in [6.45, 7) is 2.99. The molecule has 18 heavy (non-hydrogen) atoms. The molecule has 0 saturated carbocycles. The van der Waals surface area contributed by atoms with Crippen molar-refractivity contribution in [3.63, 3.8) is 0 Å². The Kier molecular flexibility index (Phi) is 2.90. The molecule has 0 atom stereocenters. The first-order valence-corrected chi connectivity index (χ1v) is 6.01. The zero-order valence-corrected chi connectivity index (χ0v) is 9.97. The van der Waals surface area contributed by atoms with Crippen LogP contribution in [0.5, 0.6) is 5.88 Å². The second kappa shape index (κ2) is 4.70. The molecule has 0 bridgehead atoms. The van der Waals surface area contributed by atoms with E-state index in [2.05, 4.69) is 10.1 Å². The largest absolute Gasteiger partial charge is 0.494 e. The second-order valence-corrected chi connectivity index (χ2v) is 4.24. The summed E-state index contributed by atoms with van der Waals surface area (Å²) < 4.78 is 5.26. The van der Waals surface area contributed by atoms with Crippen molar-refractivity contribution in [3.05, 3.63) is 29.8 Å². The number of hydrogen-bond acceptors (Lipinski definition) is 4. The predicted molar refractivity (Wildman–Crippen MR) is 69.9 cm³/mol. The Labute approximate surface area is 105 Å². The normalized spacial score (nSPS) is 16.8. The van der Waals surface area contributed by atoms with E-state index in [1.807, 2.05) is 29.3 Å². The van der Waals surface area contributed by atoms with Gasteiger partial charge in [-0.1, -0.05) is 18.2 Å². The summed E-state index contributed by atoms with van der Waals surface area (Å²) in [5.74, 6) is 0.160. The van der Waals surface area contributed by atoms with Crippen molar-refractivity contribution < 1.29 is 9.84 Å². The fraction of sp³-hybridized carbons (Fsp3) is 0.308. The van der Waals surface area contributed by atoms with Crippen molar-refractivity contribution in [1.82, 2.24) is 9.99 Å².